The Labute approximate surface area is 160 Å². The Morgan fingerprint density at radius 3 is 2.30 bits per heavy atom. The van der Waals surface area contributed by atoms with Gasteiger partial charge in [-0.2, -0.15) is 15.3 Å². The lowest BCUT2D eigenvalue weighted by Gasteiger charge is -2.13. The fraction of sp³-hybridized carbons (Fsp3) is 0.312. The second-order valence-corrected chi connectivity index (χ2v) is 6.49. The summed E-state index contributed by atoms with van der Waals surface area (Å²) in [5.41, 5.74) is 1.91. The molecule has 0 saturated carbocycles. The van der Waals surface area contributed by atoms with E-state index >= 15 is 0 Å². The van der Waals surface area contributed by atoms with Crippen LogP contribution in [0.4, 0.5) is 11.4 Å². The second-order valence-electron chi connectivity index (χ2n) is 6.06. The minimum absolute atomic E-state index is 0.220. The van der Waals surface area contributed by atoms with E-state index in [0.29, 0.717) is 16.4 Å². The third-order valence-corrected chi connectivity index (χ3v) is 4.44. The van der Waals surface area contributed by atoms with E-state index in [2.05, 4.69) is 25.9 Å². The number of hydrogen-bond donors (Lipinski definition) is 2. The van der Waals surface area contributed by atoms with Crippen molar-refractivity contribution in [2.24, 2.45) is 14.1 Å². The Bertz CT molecular complexity index is 1000. The van der Waals surface area contributed by atoms with E-state index in [-0.39, 0.29) is 11.6 Å². The molecule has 1 unspecified atom stereocenters. The summed E-state index contributed by atoms with van der Waals surface area (Å²) in [6, 6.07) is -0.616. The molecule has 0 aromatic carbocycles. The SMILES string of the molecule is Cc1c(NC(=O)c2c(NC(=O)C(C)n3cc(Cl)cn3)cnn2C)cnn1C. The minimum atomic E-state index is -0.616. The highest BCUT2D eigenvalue weighted by atomic mass is 35.5. The zero-order valence-corrected chi connectivity index (χ0v) is 16.0. The molecule has 3 aromatic heterocycles. The van der Waals surface area contributed by atoms with Gasteiger partial charge in [0.25, 0.3) is 5.91 Å². The number of anilines is 2. The Balaban J connectivity index is 1.78. The summed E-state index contributed by atoms with van der Waals surface area (Å²) in [6.45, 7) is 3.51. The van der Waals surface area contributed by atoms with Crippen molar-refractivity contribution in [3.63, 3.8) is 0 Å². The quantitative estimate of drug-likeness (QED) is 0.689. The number of hydrogen-bond acceptors (Lipinski definition) is 5. The van der Waals surface area contributed by atoms with Crippen molar-refractivity contribution in [3.8, 4) is 0 Å². The van der Waals surface area contributed by atoms with E-state index in [1.54, 1.807) is 38.1 Å². The first kappa shape index (κ1) is 18.6. The first-order valence-electron chi connectivity index (χ1n) is 8.10. The Morgan fingerprint density at radius 1 is 1.04 bits per heavy atom. The molecule has 0 aliphatic carbocycles. The lowest BCUT2D eigenvalue weighted by atomic mass is 10.2. The number of carbonyl (C=O) groups excluding carboxylic acids is 2. The molecule has 0 fully saturated rings. The molecule has 142 valence electrons. The summed E-state index contributed by atoms with van der Waals surface area (Å²) in [5, 5.41) is 18.1. The number of rotatable bonds is 5. The molecule has 11 heteroatoms. The predicted molar refractivity (Wildman–Crippen MR) is 99.7 cm³/mol. The highest BCUT2D eigenvalue weighted by Crippen LogP contribution is 2.20. The lowest BCUT2D eigenvalue weighted by Crippen LogP contribution is -2.26. The van der Waals surface area contributed by atoms with Crippen LogP contribution in [0.2, 0.25) is 5.02 Å². The first-order chi connectivity index (χ1) is 12.8. The number of halogens is 1. The molecule has 0 aliphatic rings. The summed E-state index contributed by atoms with van der Waals surface area (Å²) in [5.74, 6) is -0.759. The van der Waals surface area contributed by atoms with Crippen LogP contribution in [0.1, 0.15) is 29.1 Å². The maximum absolute atomic E-state index is 12.7. The molecule has 0 aliphatic heterocycles. The molecule has 3 rings (SSSR count). The third kappa shape index (κ3) is 3.70. The van der Waals surface area contributed by atoms with Crippen LogP contribution in [0.25, 0.3) is 0 Å². The summed E-state index contributed by atoms with van der Waals surface area (Å²) in [4.78, 5) is 25.2. The van der Waals surface area contributed by atoms with Crippen molar-refractivity contribution < 1.29 is 9.59 Å². The molecule has 0 spiro atoms. The average Bonchev–Trinajstić information content (AvgIpc) is 3.30. The minimum Gasteiger partial charge on any atom is -0.321 e. The van der Waals surface area contributed by atoms with Gasteiger partial charge in [0, 0.05) is 20.3 Å². The van der Waals surface area contributed by atoms with Crippen LogP contribution in [0.15, 0.2) is 24.8 Å². The third-order valence-electron chi connectivity index (χ3n) is 4.24. The molecule has 2 N–H and O–H groups in total. The van der Waals surface area contributed by atoms with E-state index in [0.717, 1.165) is 5.69 Å². The van der Waals surface area contributed by atoms with E-state index < -0.39 is 11.9 Å². The van der Waals surface area contributed by atoms with Gasteiger partial charge in [0.1, 0.15) is 11.7 Å². The van der Waals surface area contributed by atoms with Gasteiger partial charge in [0.15, 0.2) is 0 Å². The molecule has 1 atom stereocenters. The average molecular weight is 391 g/mol. The van der Waals surface area contributed by atoms with Gasteiger partial charge in [0.05, 0.1) is 40.7 Å². The molecule has 10 nitrogen and oxygen atoms in total. The molecular formula is C16H19ClN8O2. The van der Waals surface area contributed by atoms with Crippen molar-refractivity contribution in [3.05, 3.63) is 41.2 Å². The van der Waals surface area contributed by atoms with Crippen molar-refractivity contribution in [2.75, 3.05) is 10.6 Å². The van der Waals surface area contributed by atoms with Gasteiger partial charge in [-0.1, -0.05) is 11.6 Å². The van der Waals surface area contributed by atoms with Crippen LogP contribution < -0.4 is 10.6 Å². The fourth-order valence-electron chi connectivity index (χ4n) is 2.49. The Kier molecular flexibility index (Phi) is 5.00. The van der Waals surface area contributed by atoms with Gasteiger partial charge < -0.3 is 10.6 Å². The molecule has 0 radical (unpaired) electrons. The summed E-state index contributed by atoms with van der Waals surface area (Å²) in [6.07, 6.45) is 5.98. The number of carbonyl (C=O) groups is 2. The van der Waals surface area contributed by atoms with Crippen molar-refractivity contribution >= 4 is 34.8 Å². The molecule has 3 heterocycles. The second kappa shape index (κ2) is 7.23. The molecule has 0 saturated heterocycles. The number of aromatic nitrogens is 6. The highest BCUT2D eigenvalue weighted by molar-refractivity contribution is 6.30. The van der Waals surface area contributed by atoms with Crippen LogP contribution in [0.3, 0.4) is 0 Å². The maximum Gasteiger partial charge on any atom is 0.276 e. The zero-order valence-electron chi connectivity index (χ0n) is 15.3. The number of nitrogens with zero attached hydrogens (tertiary/aromatic N) is 6. The summed E-state index contributed by atoms with van der Waals surface area (Å²) in [7, 11) is 3.40. The van der Waals surface area contributed by atoms with Gasteiger partial charge in [-0.3, -0.25) is 23.6 Å². The number of amides is 2. The lowest BCUT2D eigenvalue weighted by molar-refractivity contribution is -0.119. The summed E-state index contributed by atoms with van der Waals surface area (Å²) >= 11 is 5.84. The zero-order chi connectivity index (χ0) is 19.7. The normalized spacial score (nSPS) is 12.0. The van der Waals surface area contributed by atoms with Crippen LogP contribution in [0, 0.1) is 6.92 Å². The smallest absolute Gasteiger partial charge is 0.276 e. The van der Waals surface area contributed by atoms with Crippen LogP contribution >= 0.6 is 11.6 Å². The van der Waals surface area contributed by atoms with Crippen LogP contribution in [-0.4, -0.2) is 41.2 Å². The van der Waals surface area contributed by atoms with E-state index in [9.17, 15) is 9.59 Å². The molecule has 2 amide bonds. The van der Waals surface area contributed by atoms with E-state index in [1.807, 2.05) is 6.92 Å². The summed E-state index contributed by atoms with van der Waals surface area (Å²) < 4.78 is 4.48. The molecule has 27 heavy (non-hydrogen) atoms. The van der Waals surface area contributed by atoms with Crippen molar-refractivity contribution in [1.82, 2.24) is 29.3 Å². The van der Waals surface area contributed by atoms with Crippen molar-refractivity contribution in [1.29, 1.82) is 0 Å². The van der Waals surface area contributed by atoms with Gasteiger partial charge in [-0.05, 0) is 13.8 Å². The fourth-order valence-corrected chi connectivity index (χ4v) is 2.63. The van der Waals surface area contributed by atoms with Crippen LogP contribution in [-0.2, 0) is 18.9 Å². The molecule has 3 aromatic rings. The topological polar surface area (TPSA) is 112 Å². The van der Waals surface area contributed by atoms with Crippen LogP contribution in [0.5, 0.6) is 0 Å². The van der Waals surface area contributed by atoms with E-state index in [4.69, 9.17) is 11.6 Å². The predicted octanol–water partition coefficient (Wildman–Crippen LogP) is 1.76. The van der Waals surface area contributed by atoms with E-state index in [1.165, 1.54) is 21.8 Å². The van der Waals surface area contributed by atoms with Gasteiger partial charge in [-0.15, -0.1) is 0 Å². The monoisotopic (exact) mass is 390 g/mol. The molecule has 0 bridgehead atoms. The Morgan fingerprint density at radius 2 is 1.70 bits per heavy atom. The van der Waals surface area contributed by atoms with Gasteiger partial charge in [-0.25, -0.2) is 0 Å². The first-order valence-corrected chi connectivity index (χ1v) is 8.48. The number of aryl methyl sites for hydroxylation is 2. The molecular weight excluding hydrogens is 372 g/mol. The highest BCUT2D eigenvalue weighted by Gasteiger charge is 2.23. The standard InChI is InChI=1S/C16H19ClN8O2/c1-9-12(6-18-23(9)3)21-16(27)14-13(7-19-24(14)4)22-15(26)10(2)25-8-11(17)5-20-25/h5-8,10H,1-4H3,(H,21,27)(H,22,26). The largest absolute Gasteiger partial charge is 0.321 e. The maximum atomic E-state index is 12.7. The van der Waals surface area contributed by atoms with Gasteiger partial charge in [0.2, 0.25) is 5.91 Å². The number of nitrogens with one attached hydrogen (secondary N) is 2. The Hall–Kier alpha value is -3.14. The van der Waals surface area contributed by atoms with Crippen molar-refractivity contribution in [2.45, 2.75) is 19.9 Å². The van der Waals surface area contributed by atoms with Gasteiger partial charge >= 0.3 is 0 Å².